The predicted octanol–water partition coefficient (Wildman–Crippen LogP) is 2.65. The number of aromatic nitrogens is 4. The molecule has 0 spiro atoms. The lowest BCUT2D eigenvalue weighted by Gasteiger charge is -2.33. The SMILES string of the molecule is CSc1ncc(CN2CCC[C@H](c3cc(=O)[nH]c(N4CCCCC4)n3)C2)cn1. The van der Waals surface area contributed by atoms with Gasteiger partial charge in [-0.3, -0.25) is 14.7 Å². The Hall–Kier alpha value is -1.93. The summed E-state index contributed by atoms with van der Waals surface area (Å²) in [6, 6.07) is 1.69. The third-order valence-electron chi connectivity index (χ3n) is 5.60. The molecule has 0 saturated carbocycles. The third kappa shape index (κ3) is 4.72. The average molecular weight is 401 g/mol. The molecule has 1 atom stereocenters. The highest BCUT2D eigenvalue weighted by atomic mass is 32.2. The summed E-state index contributed by atoms with van der Waals surface area (Å²) in [5.41, 5.74) is 2.03. The molecule has 0 aliphatic carbocycles. The molecule has 150 valence electrons. The van der Waals surface area contributed by atoms with Crippen molar-refractivity contribution in [1.29, 1.82) is 0 Å². The van der Waals surface area contributed by atoms with Gasteiger partial charge < -0.3 is 4.90 Å². The van der Waals surface area contributed by atoms with Gasteiger partial charge in [-0.05, 0) is 44.9 Å². The topological polar surface area (TPSA) is 78.0 Å². The van der Waals surface area contributed by atoms with Crippen molar-refractivity contribution in [3.8, 4) is 0 Å². The summed E-state index contributed by atoms with van der Waals surface area (Å²) in [5.74, 6) is 1.05. The number of thioether (sulfide) groups is 1. The molecular weight excluding hydrogens is 372 g/mol. The van der Waals surface area contributed by atoms with Crippen molar-refractivity contribution in [1.82, 2.24) is 24.8 Å². The summed E-state index contributed by atoms with van der Waals surface area (Å²) in [5, 5.41) is 0.804. The maximum atomic E-state index is 12.3. The zero-order valence-corrected chi connectivity index (χ0v) is 17.2. The van der Waals surface area contributed by atoms with E-state index in [0.717, 1.165) is 67.9 Å². The maximum absolute atomic E-state index is 12.3. The van der Waals surface area contributed by atoms with Gasteiger partial charge in [0.15, 0.2) is 5.16 Å². The van der Waals surface area contributed by atoms with Gasteiger partial charge in [0.2, 0.25) is 5.95 Å². The Morgan fingerprint density at radius 3 is 2.68 bits per heavy atom. The highest BCUT2D eigenvalue weighted by molar-refractivity contribution is 7.98. The van der Waals surface area contributed by atoms with Crippen LogP contribution >= 0.6 is 11.8 Å². The Labute approximate surface area is 170 Å². The van der Waals surface area contributed by atoms with Crippen molar-refractivity contribution in [2.45, 2.75) is 49.7 Å². The monoisotopic (exact) mass is 400 g/mol. The van der Waals surface area contributed by atoms with E-state index in [1.165, 1.54) is 19.3 Å². The van der Waals surface area contributed by atoms with E-state index in [0.29, 0.717) is 5.92 Å². The highest BCUT2D eigenvalue weighted by Crippen LogP contribution is 2.27. The van der Waals surface area contributed by atoms with E-state index in [-0.39, 0.29) is 5.56 Å². The summed E-state index contributed by atoms with van der Waals surface area (Å²) in [6.07, 6.45) is 11.6. The second-order valence-corrected chi connectivity index (χ2v) is 8.47. The van der Waals surface area contributed by atoms with E-state index < -0.39 is 0 Å². The zero-order valence-electron chi connectivity index (χ0n) is 16.4. The number of aromatic amines is 1. The number of nitrogens with zero attached hydrogens (tertiary/aromatic N) is 5. The summed E-state index contributed by atoms with van der Waals surface area (Å²) in [6.45, 7) is 4.78. The van der Waals surface area contributed by atoms with Gasteiger partial charge >= 0.3 is 0 Å². The first kappa shape index (κ1) is 19.4. The molecule has 0 aromatic carbocycles. The fourth-order valence-electron chi connectivity index (χ4n) is 4.16. The number of hydrogen-bond acceptors (Lipinski definition) is 7. The van der Waals surface area contributed by atoms with Crippen LogP contribution in [0.25, 0.3) is 0 Å². The molecule has 2 aromatic rings. The minimum Gasteiger partial charge on any atom is -0.342 e. The van der Waals surface area contributed by atoms with Gasteiger partial charge in [-0.25, -0.2) is 15.0 Å². The van der Waals surface area contributed by atoms with Crippen LogP contribution in [0.3, 0.4) is 0 Å². The summed E-state index contributed by atoms with van der Waals surface area (Å²) in [7, 11) is 0. The first-order valence-electron chi connectivity index (χ1n) is 10.1. The van der Waals surface area contributed by atoms with Gasteiger partial charge in [0.1, 0.15) is 0 Å². The van der Waals surface area contributed by atoms with Crippen LogP contribution in [0.15, 0.2) is 28.4 Å². The molecule has 2 aromatic heterocycles. The minimum absolute atomic E-state index is 0.0382. The first-order chi connectivity index (χ1) is 13.7. The molecule has 1 N–H and O–H groups in total. The third-order valence-corrected chi connectivity index (χ3v) is 6.17. The second-order valence-electron chi connectivity index (χ2n) is 7.69. The number of nitrogens with one attached hydrogen (secondary N) is 1. The van der Waals surface area contributed by atoms with Gasteiger partial charge in [-0.15, -0.1) is 0 Å². The Morgan fingerprint density at radius 1 is 1.14 bits per heavy atom. The summed E-state index contributed by atoms with van der Waals surface area (Å²) >= 11 is 1.55. The maximum Gasteiger partial charge on any atom is 0.252 e. The lowest BCUT2D eigenvalue weighted by atomic mass is 9.94. The lowest BCUT2D eigenvalue weighted by molar-refractivity contribution is 0.198. The Bertz CT molecular complexity index is 833. The Balaban J connectivity index is 1.46. The van der Waals surface area contributed by atoms with Crippen molar-refractivity contribution in [2.75, 3.05) is 37.3 Å². The molecule has 0 bridgehead atoms. The minimum atomic E-state index is -0.0382. The molecule has 2 saturated heterocycles. The van der Waals surface area contributed by atoms with Gasteiger partial charge in [-0.2, -0.15) is 0 Å². The van der Waals surface area contributed by atoms with E-state index in [1.54, 1.807) is 17.8 Å². The molecular formula is C20H28N6OS. The molecule has 2 aliphatic rings. The first-order valence-corrected chi connectivity index (χ1v) is 11.4. The largest absolute Gasteiger partial charge is 0.342 e. The zero-order chi connectivity index (χ0) is 19.3. The molecule has 2 aliphatic heterocycles. The van der Waals surface area contributed by atoms with Gasteiger partial charge in [-0.1, -0.05) is 11.8 Å². The van der Waals surface area contributed by atoms with Crippen molar-refractivity contribution < 1.29 is 0 Å². The number of hydrogen-bond donors (Lipinski definition) is 1. The number of piperidine rings is 2. The number of H-pyrrole nitrogens is 1. The van der Waals surface area contributed by atoms with Gasteiger partial charge in [0, 0.05) is 56.1 Å². The van der Waals surface area contributed by atoms with E-state index in [9.17, 15) is 4.79 Å². The molecule has 0 amide bonds. The number of likely N-dealkylation sites (tertiary alicyclic amines) is 1. The fraction of sp³-hybridized carbons (Fsp3) is 0.600. The molecule has 4 rings (SSSR count). The van der Waals surface area contributed by atoms with Crippen molar-refractivity contribution >= 4 is 17.7 Å². The number of anilines is 1. The van der Waals surface area contributed by atoms with Crippen LogP contribution in [0.1, 0.15) is 49.3 Å². The Morgan fingerprint density at radius 2 is 1.93 bits per heavy atom. The average Bonchev–Trinajstić information content (AvgIpc) is 2.75. The second kappa shape index (κ2) is 9.05. The quantitative estimate of drug-likeness (QED) is 0.611. The molecule has 2 fully saturated rings. The van der Waals surface area contributed by atoms with E-state index >= 15 is 0 Å². The smallest absolute Gasteiger partial charge is 0.252 e. The molecule has 4 heterocycles. The highest BCUT2D eigenvalue weighted by Gasteiger charge is 2.24. The van der Waals surface area contributed by atoms with Crippen LogP contribution in [0.4, 0.5) is 5.95 Å². The molecule has 8 heteroatoms. The molecule has 28 heavy (non-hydrogen) atoms. The lowest BCUT2D eigenvalue weighted by Crippen LogP contribution is -2.36. The van der Waals surface area contributed by atoms with E-state index in [2.05, 4.69) is 24.8 Å². The predicted molar refractivity (Wildman–Crippen MR) is 112 cm³/mol. The van der Waals surface area contributed by atoms with Crippen LogP contribution < -0.4 is 10.5 Å². The van der Waals surface area contributed by atoms with Gasteiger partial charge in [0.25, 0.3) is 5.56 Å². The molecule has 7 nitrogen and oxygen atoms in total. The van der Waals surface area contributed by atoms with Crippen molar-refractivity contribution in [3.05, 3.63) is 40.1 Å². The van der Waals surface area contributed by atoms with Crippen LogP contribution in [0.5, 0.6) is 0 Å². The van der Waals surface area contributed by atoms with Crippen LogP contribution in [0, 0.1) is 0 Å². The van der Waals surface area contributed by atoms with Crippen molar-refractivity contribution in [3.63, 3.8) is 0 Å². The van der Waals surface area contributed by atoms with Crippen LogP contribution in [-0.2, 0) is 6.54 Å². The fourth-order valence-corrected chi connectivity index (χ4v) is 4.47. The van der Waals surface area contributed by atoms with Gasteiger partial charge in [0.05, 0.1) is 5.69 Å². The number of rotatable bonds is 5. The van der Waals surface area contributed by atoms with Crippen molar-refractivity contribution in [2.24, 2.45) is 0 Å². The standard InChI is InChI=1S/C20H28N6OS/c1-28-20-21-11-15(12-22-20)13-25-7-5-6-16(14-25)17-10-18(27)24-19(23-17)26-8-3-2-4-9-26/h10-12,16H,2-9,13-14H2,1H3,(H,23,24,27)/t16-/m0/s1. The van der Waals surface area contributed by atoms with E-state index in [1.807, 2.05) is 18.6 Å². The summed E-state index contributed by atoms with van der Waals surface area (Å²) in [4.78, 5) is 33.5. The Kier molecular flexibility index (Phi) is 6.26. The van der Waals surface area contributed by atoms with Crippen LogP contribution in [-0.4, -0.2) is 57.3 Å². The van der Waals surface area contributed by atoms with E-state index in [4.69, 9.17) is 4.98 Å². The normalized spacial score (nSPS) is 21.0. The summed E-state index contributed by atoms with van der Waals surface area (Å²) < 4.78 is 0. The molecule has 0 unspecified atom stereocenters. The van der Waals surface area contributed by atoms with Crippen LogP contribution in [0.2, 0.25) is 0 Å². The molecule has 0 radical (unpaired) electrons.